The van der Waals surface area contributed by atoms with E-state index in [-0.39, 0.29) is 17.5 Å². The molecule has 0 aromatic heterocycles. The fourth-order valence-corrected chi connectivity index (χ4v) is 3.95. The normalized spacial score (nSPS) is 24.0. The molecule has 1 heterocycles. The first-order valence-electron chi connectivity index (χ1n) is 8.10. The number of ether oxygens (including phenoxy) is 1. The molecule has 1 N–H and O–H groups in total. The molecule has 2 aromatic rings. The number of carbonyl (C=O) groups is 1. The smallest absolute Gasteiger partial charge is 0.124 e. The number of fused-ring (bicyclic) bond motifs is 3. The number of hydrogen-bond donors (Lipinski definition) is 1. The highest BCUT2D eigenvalue weighted by molar-refractivity contribution is 5.87. The summed E-state index contributed by atoms with van der Waals surface area (Å²) in [5.41, 5.74) is 3.36. The van der Waals surface area contributed by atoms with Crippen molar-refractivity contribution in [3.8, 4) is 5.75 Å². The van der Waals surface area contributed by atoms with Gasteiger partial charge in [-0.3, -0.25) is 0 Å². The van der Waals surface area contributed by atoms with Crippen molar-refractivity contribution in [2.75, 3.05) is 12.4 Å². The summed E-state index contributed by atoms with van der Waals surface area (Å²) in [7, 11) is 1.69. The second-order valence-electron chi connectivity index (χ2n) is 6.31. The summed E-state index contributed by atoms with van der Waals surface area (Å²) in [6.45, 7) is 0. The van der Waals surface area contributed by atoms with Gasteiger partial charge in [0.25, 0.3) is 0 Å². The van der Waals surface area contributed by atoms with Crippen molar-refractivity contribution in [3.63, 3.8) is 0 Å². The third-order valence-electron chi connectivity index (χ3n) is 5.07. The Morgan fingerprint density at radius 3 is 2.83 bits per heavy atom. The fourth-order valence-electron chi connectivity index (χ4n) is 3.95. The molecule has 4 heteroatoms. The average molecular weight is 320 g/mol. The Kier molecular flexibility index (Phi) is 3.53. The van der Waals surface area contributed by atoms with Gasteiger partial charge in [-0.25, -0.2) is 0 Å². The van der Waals surface area contributed by atoms with E-state index in [0.717, 1.165) is 29.0 Å². The van der Waals surface area contributed by atoms with Gasteiger partial charge in [0.15, 0.2) is 0 Å². The van der Waals surface area contributed by atoms with Gasteiger partial charge >= 0.3 is 0 Å². The van der Waals surface area contributed by atoms with Gasteiger partial charge in [-0.2, -0.15) is 0 Å². The lowest BCUT2D eigenvalue weighted by molar-refractivity contribution is -0.255. The first kappa shape index (κ1) is 14.8. The number of carbonyl (C=O) groups excluding carboxylic acids is 1. The first-order chi connectivity index (χ1) is 11.7. The maximum absolute atomic E-state index is 11.2. The molecule has 0 amide bonds. The summed E-state index contributed by atoms with van der Waals surface area (Å²) in [6, 6.07) is 13.4. The van der Waals surface area contributed by atoms with E-state index in [1.807, 2.05) is 24.3 Å². The van der Waals surface area contributed by atoms with Crippen molar-refractivity contribution in [1.82, 2.24) is 0 Å². The molecular formula is C20H18NO3-. The molecule has 4 nitrogen and oxygen atoms in total. The van der Waals surface area contributed by atoms with Crippen LogP contribution in [0.15, 0.2) is 54.6 Å². The minimum atomic E-state index is -1.14. The third-order valence-corrected chi connectivity index (χ3v) is 5.07. The number of para-hydroxylation sites is 1. The zero-order chi connectivity index (χ0) is 16.7. The molecule has 1 aliphatic carbocycles. The van der Waals surface area contributed by atoms with Crippen molar-refractivity contribution in [3.05, 3.63) is 71.3 Å². The molecule has 122 valence electrons. The van der Waals surface area contributed by atoms with E-state index in [1.165, 1.54) is 0 Å². The van der Waals surface area contributed by atoms with E-state index in [2.05, 4.69) is 23.5 Å². The van der Waals surface area contributed by atoms with Crippen LogP contribution in [0.3, 0.4) is 0 Å². The van der Waals surface area contributed by atoms with E-state index in [0.29, 0.717) is 5.92 Å². The lowest BCUT2D eigenvalue weighted by Crippen LogP contribution is -2.30. The summed E-state index contributed by atoms with van der Waals surface area (Å²) < 4.78 is 5.54. The number of benzene rings is 2. The maximum Gasteiger partial charge on any atom is 0.124 e. The quantitative estimate of drug-likeness (QED) is 0.883. The van der Waals surface area contributed by atoms with Crippen LogP contribution in [0.25, 0.3) is 0 Å². The van der Waals surface area contributed by atoms with Crippen LogP contribution in [0, 0.1) is 5.92 Å². The Morgan fingerprint density at radius 1 is 1.21 bits per heavy atom. The predicted octanol–water partition coefficient (Wildman–Crippen LogP) is 2.89. The molecule has 0 unspecified atom stereocenters. The lowest BCUT2D eigenvalue weighted by Gasteiger charge is -2.38. The van der Waals surface area contributed by atoms with Crippen LogP contribution < -0.4 is 15.2 Å². The Balaban J connectivity index is 1.80. The topological polar surface area (TPSA) is 61.4 Å². The molecule has 0 fully saturated rings. The van der Waals surface area contributed by atoms with Crippen LogP contribution in [0.1, 0.15) is 39.9 Å². The molecule has 3 atom stereocenters. The number of rotatable bonds is 3. The molecule has 0 bridgehead atoms. The summed E-state index contributed by atoms with van der Waals surface area (Å²) in [4.78, 5) is 11.2. The summed E-state index contributed by atoms with van der Waals surface area (Å²) in [5, 5.41) is 14.8. The second kappa shape index (κ2) is 5.71. The van der Waals surface area contributed by atoms with Crippen LogP contribution >= 0.6 is 0 Å². The molecule has 0 spiro atoms. The highest BCUT2D eigenvalue weighted by atomic mass is 16.5. The van der Waals surface area contributed by atoms with Gasteiger partial charge in [0.1, 0.15) is 5.75 Å². The number of aromatic carboxylic acids is 1. The molecule has 0 radical (unpaired) electrons. The predicted molar refractivity (Wildman–Crippen MR) is 90.1 cm³/mol. The molecule has 4 rings (SSSR count). The molecule has 0 saturated heterocycles. The molecular weight excluding hydrogens is 302 g/mol. The number of hydrogen-bond acceptors (Lipinski definition) is 4. The van der Waals surface area contributed by atoms with E-state index < -0.39 is 5.97 Å². The number of methoxy groups -OCH3 is 1. The molecule has 0 saturated carbocycles. The van der Waals surface area contributed by atoms with Gasteiger partial charge < -0.3 is 20.0 Å². The maximum atomic E-state index is 11.2. The number of anilines is 1. The Bertz CT molecular complexity index is 827. The zero-order valence-electron chi connectivity index (χ0n) is 13.4. The van der Waals surface area contributed by atoms with Crippen LogP contribution in [0.4, 0.5) is 5.69 Å². The van der Waals surface area contributed by atoms with Crippen LogP contribution in [0.5, 0.6) is 5.75 Å². The van der Waals surface area contributed by atoms with Crippen molar-refractivity contribution in [1.29, 1.82) is 0 Å². The summed E-state index contributed by atoms with van der Waals surface area (Å²) in [5.74, 6) is 0.278. The second-order valence-corrected chi connectivity index (χ2v) is 6.31. The molecule has 2 aliphatic rings. The highest BCUT2D eigenvalue weighted by Gasteiger charge is 2.38. The van der Waals surface area contributed by atoms with Crippen LogP contribution in [-0.2, 0) is 0 Å². The summed E-state index contributed by atoms with van der Waals surface area (Å²) >= 11 is 0. The van der Waals surface area contributed by atoms with Gasteiger partial charge in [0.05, 0.1) is 19.1 Å². The number of carboxylic acids is 1. The van der Waals surface area contributed by atoms with Gasteiger partial charge in [-0.05, 0) is 41.7 Å². The molecule has 1 aliphatic heterocycles. The Morgan fingerprint density at radius 2 is 2.04 bits per heavy atom. The van der Waals surface area contributed by atoms with E-state index in [1.54, 1.807) is 19.2 Å². The number of nitrogens with one attached hydrogen (secondary N) is 1. The third kappa shape index (κ3) is 2.26. The summed E-state index contributed by atoms with van der Waals surface area (Å²) in [6.07, 6.45) is 5.32. The van der Waals surface area contributed by atoms with Gasteiger partial charge in [-0.1, -0.05) is 36.4 Å². The van der Waals surface area contributed by atoms with E-state index in [4.69, 9.17) is 4.74 Å². The van der Waals surface area contributed by atoms with Gasteiger partial charge in [0.2, 0.25) is 0 Å². The minimum absolute atomic E-state index is 0.127. The standard InChI is InChI=1S/C20H19NO3/c1-24-18-8-3-2-5-15(18)19-14-7-4-6-13(14)16-11-12(20(22)23)9-10-17(16)21-19/h2-6,8-11,13-14,19,21H,7H2,1H3,(H,22,23)/p-1/t13-,14+,19+/m0/s1. The minimum Gasteiger partial charge on any atom is -0.545 e. The Labute approximate surface area is 140 Å². The van der Waals surface area contributed by atoms with Crippen LogP contribution in [0.2, 0.25) is 0 Å². The number of carboxylic acid groups (broad SMARTS) is 1. The SMILES string of the molecule is COc1ccccc1[C@@H]1Nc2ccc(C(=O)[O-])cc2[C@H]2C=CC[C@H]21. The van der Waals surface area contributed by atoms with Crippen molar-refractivity contribution in [2.24, 2.45) is 5.92 Å². The van der Waals surface area contributed by atoms with Gasteiger partial charge in [0, 0.05) is 17.2 Å². The average Bonchev–Trinajstić information content (AvgIpc) is 3.10. The molecule has 24 heavy (non-hydrogen) atoms. The lowest BCUT2D eigenvalue weighted by atomic mass is 9.76. The van der Waals surface area contributed by atoms with E-state index in [9.17, 15) is 9.90 Å². The molecule has 2 aromatic carbocycles. The largest absolute Gasteiger partial charge is 0.545 e. The first-order valence-corrected chi connectivity index (χ1v) is 8.10. The van der Waals surface area contributed by atoms with Crippen LogP contribution in [-0.4, -0.2) is 13.1 Å². The van der Waals surface area contributed by atoms with E-state index >= 15 is 0 Å². The van der Waals surface area contributed by atoms with Gasteiger partial charge in [-0.15, -0.1) is 0 Å². The fraction of sp³-hybridized carbons (Fsp3) is 0.250. The highest BCUT2D eigenvalue weighted by Crippen LogP contribution is 2.51. The number of allylic oxidation sites excluding steroid dienone is 2. The van der Waals surface area contributed by atoms with Crippen molar-refractivity contribution in [2.45, 2.75) is 18.4 Å². The van der Waals surface area contributed by atoms with Crippen molar-refractivity contribution >= 4 is 11.7 Å². The zero-order valence-corrected chi connectivity index (χ0v) is 13.4. The van der Waals surface area contributed by atoms with Crippen molar-refractivity contribution < 1.29 is 14.6 Å². The Hall–Kier alpha value is -2.75. The monoisotopic (exact) mass is 320 g/mol.